The van der Waals surface area contributed by atoms with Crippen LogP contribution in [-0.4, -0.2) is 17.3 Å². The summed E-state index contributed by atoms with van der Waals surface area (Å²) >= 11 is 0. The van der Waals surface area contributed by atoms with Crippen LogP contribution in [0.25, 0.3) is 6.08 Å². The van der Waals surface area contributed by atoms with E-state index in [4.69, 9.17) is 9.47 Å². The smallest absolute Gasteiger partial charge is 0.269 e. The molecule has 0 unspecified atom stereocenters. The zero-order chi connectivity index (χ0) is 17.3. The maximum Gasteiger partial charge on any atom is 0.269 e. The van der Waals surface area contributed by atoms with Gasteiger partial charge in [-0.15, -0.1) is 0 Å². The van der Waals surface area contributed by atoms with Gasteiger partial charge in [-0.25, -0.2) is 0 Å². The molecule has 3 rings (SSSR count). The van der Waals surface area contributed by atoms with Crippen LogP contribution in [0.3, 0.4) is 0 Å². The lowest BCUT2D eigenvalue weighted by Crippen LogP contribution is -2.00. The maximum atomic E-state index is 12.5. The molecular formula is C18H15NO5. The average molecular weight is 325 g/mol. The summed E-state index contributed by atoms with van der Waals surface area (Å²) in [5.41, 5.74) is 1.95. The van der Waals surface area contributed by atoms with Crippen molar-refractivity contribution in [2.24, 2.45) is 0 Å². The van der Waals surface area contributed by atoms with Crippen LogP contribution in [0.4, 0.5) is 5.69 Å². The van der Waals surface area contributed by atoms with Crippen molar-refractivity contribution in [2.75, 3.05) is 6.61 Å². The fourth-order valence-electron chi connectivity index (χ4n) is 2.57. The Morgan fingerprint density at radius 2 is 1.96 bits per heavy atom. The van der Waals surface area contributed by atoms with Crippen molar-refractivity contribution in [3.05, 3.63) is 69.0 Å². The highest BCUT2D eigenvalue weighted by atomic mass is 16.6. The van der Waals surface area contributed by atoms with E-state index in [1.54, 1.807) is 30.3 Å². The Hall–Kier alpha value is -3.15. The monoisotopic (exact) mass is 325 g/mol. The number of carbonyl (C=O) groups excluding carboxylic acids is 1. The van der Waals surface area contributed by atoms with Crippen LogP contribution in [0.2, 0.25) is 0 Å². The Labute approximate surface area is 138 Å². The predicted octanol–water partition coefficient (Wildman–Crippen LogP) is 3.92. The third-order valence-corrected chi connectivity index (χ3v) is 3.66. The van der Waals surface area contributed by atoms with Gasteiger partial charge in [0.25, 0.3) is 5.69 Å². The number of nitro benzene ring substituents is 1. The Kier molecular flexibility index (Phi) is 4.04. The first-order valence-corrected chi connectivity index (χ1v) is 7.45. The van der Waals surface area contributed by atoms with E-state index in [9.17, 15) is 14.9 Å². The highest BCUT2D eigenvalue weighted by Gasteiger charge is 2.30. The zero-order valence-corrected chi connectivity index (χ0v) is 13.2. The summed E-state index contributed by atoms with van der Waals surface area (Å²) < 4.78 is 11.1. The molecule has 1 heterocycles. The number of hydrogen-bond donors (Lipinski definition) is 0. The number of rotatable bonds is 4. The number of nitrogens with zero attached hydrogens (tertiary/aromatic N) is 1. The maximum absolute atomic E-state index is 12.5. The first-order chi connectivity index (χ1) is 11.5. The normalized spacial score (nSPS) is 14.4. The van der Waals surface area contributed by atoms with E-state index in [1.165, 1.54) is 12.1 Å². The zero-order valence-electron chi connectivity index (χ0n) is 13.2. The van der Waals surface area contributed by atoms with Gasteiger partial charge >= 0.3 is 0 Å². The standard InChI is InChI=1S/C18H15NO5/c1-3-23-14-8-11(2)17-15(10-14)24-16(18(17)20)9-12-4-6-13(7-5-12)19(21)22/h4-10H,3H2,1-2H3/b16-9-. The molecule has 2 aromatic carbocycles. The number of nitro groups is 1. The van der Waals surface area contributed by atoms with Gasteiger partial charge in [0.1, 0.15) is 11.5 Å². The van der Waals surface area contributed by atoms with Crippen molar-refractivity contribution in [1.29, 1.82) is 0 Å². The van der Waals surface area contributed by atoms with Gasteiger partial charge in [0.2, 0.25) is 5.78 Å². The summed E-state index contributed by atoms with van der Waals surface area (Å²) in [6.45, 7) is 4.24. The van der Waals surface area contributed by atoms with Gasteiger partial charge in [0.15, 0.2) is 5.76 Å². The molecule has 2 aromatic rings. The lowest BCUT2D eigenvalue weighted by Gasteiger charge is -2.06. The van der Waals surface area contributed by atoms with Gasteiger partial charge in [-0.1, -0.05) is 0 Å². The number of aryl methyl sites for hydroxylation is 1. The third-order valence-electron chi connectivity index (χ3n) is 3.66. The minimum absolute atomic E-state index is 0.00342. The molecule has 0 amide bonds. The number of ether oxygens (including phenoxy) is 2. The number of carbonyl (C=O) groups is 1. The van der Waals surface area contributed by atoms with Crippen molar-refractivity contribution in [3.63, 3.8) is 0 Å². The average Bonchev–Trinajstić information content (AvgIpc) is 2.84. The summed E-state index contributed by atoms with van der Waals surface area (Å²) in [5, 5.41) is 10.7. The molecule has 122 valence electrons. The van der Waals surface area contributed by atoms with E-state index in [0.717, 1.165) is 5.56 Å². The molecular weight excluding hydrogens is 310 g/mol. The Balaban J connectivity index is 1.92. The molecule has 0 atom stereocenters. The molecule has 0 saturated heterocycles. The summed E-state index contributed by atoms with van der Waals surface area (Å²) in [6, 6.07) is 9.42. The molecule has 0 spiro atoms. The van der Waals surface area contributed by atoms with Crippen LogP contribution >= 0.6 is 0 Å². The molecule has 0 aromatic heterocycles. The number of ketones is 1. The molecule has 0 radical (unpaired) electrons. The Bertz CT molecular complexity index is 852. The second-order valence-electron chi connectivity index (χ2n) is 5.33. The molecule has 6 nitrogen and oxygen atoms in total. The molecule has 24 heavy (non-hydrogen) atoms. The molecule has 0 aliphatic carbocycles. The van der Waals surface area contributed by atoms with Crippen molar-refractivity contribution >= 4 is 17.5 Å². The van der Waals surface area contributed by atoms with E-state index in [0.29, 0.717) is 29.2 Å². The van der Waals surface area contributed by atoms with E-state index < -0.39 is 4.92 Å². The number of non-ortho nitro benzene ring substituents is 1. The van der Waals surface area contributed by atoms with Gasteiger partial charge < -0.3 is 9.47 Å². The molecule has 0 bridgehead atoms. The molecule has 0 N–H and O–H groups in total. The number of fused-ring (bicyclic) bond motifs is 1. The minimum Gasteiger partial charge on any atom is -0.494 e. The second kappa shape index (κ2) is 6.16. The van der Waals surface area contributed by atoms with Crippen molar-refractivity contribution < 1.29 is 19.2 Å². The number of Topliss-reactive ketones (excluding diaryl/α,β-unsaturated/α-hetero) is 1. The lowest BCUT2D eigenvalue weighted by atomic mass is 10.0. The van der Waals surface area contributed by atoms with Crippen LogP contribution in [0.5, 0.6) is 11.5 Å². The fraction of sp³-hybridized carbons (Fsp3) is 0.167. The van der Waals surface area contributed by atoms with Gasteiger partial charge in [-0.2, -0.15) is 0 Å². The lowest BCUT2D eigenvalue weighted by molar-refractivity contribution is -0.384. The largest absolute Gasteiger partial charge is 0.494 e. The summed E-state index contributed by atoms with van der Waals surface area (Å²) in [4.78, 5) is 22.7. The first kappa shape index (κ1) is 15.7. The van der Waals surface area contributed by atoms with E-state index in [-0.39, 0.29) is 17.2 Å². The highest BCUT2D eigenvalue weighted by Crippen LogP contribution is 2.37. The Morgan fingerprint density at radius 3 is 2.58 bits per heavy atom. The Morgan fingerprint density at radius 1 is 1.25 bits per heavy atom. The molecule has 0 saturated carbocycles. The molecule has 1 aliphatic heterocycles. The summed E-state index contributed by atoms with van der Waals surface area (Å²) in [7, 11) is 0. The van der Waals surface area contributed by atoms with Crippen molar-refractivity contribution in [2.45, 2.75) is 13.8 Å². The highest BCUT2D eigenvalue weighted by molar-refractivity contribution is 6.15. The third kappa shape index (κ3) is 2.86. The van der Waals surface area contributed by atoms with Crippen LogP contribution in [0.1, 0.15) is 28.4 Å². The summed E-state index contributed by atoms with van der Waals surface area (Å²) in [5.74, 6) is 1.11. The van der Waals surface area contributed by atoms with Crippen LogP contribution in [0, 0.1) is 17.0 Å². The quantitative estimate of drug-likeness (QED) is 0.483. The SMILES string of the molecule is CCOc1cc(C)c2c(c1)O/C(=C\c1ccc([N+](=O)[O-])cc1)C2=O. The second-order valence-corrected chi connectivity index (χ2v) is 5.33. The molecule has 6 heteroatoms. The first-order valence-electron chi connectivity index (χ1n) is 7.45. The van der Waals surface area contributed by atoms with Gasteiger partial charge in [0, 0.05) is 18.2 Å². The predicted molar refractivity (Wildman–Crippen MR) is 88.4 cm³/mol. The number of hydrogen-bond acceptors (Lipinski definition) is 5. The number of allylic oxidation sites excluding steroid dienone is 1. The summed E-state index contributed by atoms with van der Waals surface area (Å²) in [6.07, 6.45) is 1.58. The van der Waals surface area contributed by atoms with E-state index in [1.807, 2.05) is 13.8 Å². The fourth-order valence-corrected chi connectivity index (χ4v) is 2.57. The van der Waals surface area contributed by atoms with Crippen LogP contribution < -0.4 is 9.47 Å². The molecule has 0 fully saturated rings. The van der Waals surface area contributed by atoms with Crippen molar-refractivity contribution in [1.82, 2.24) is 0 Å². The molecule has 1 aliphatic rings. The van der Waals surface area contributed by atoms with Crippen LogP contribution in [0.15, 0.2) is 42.2 Å². The van der Waals surface area contributed by atoms with Crippen LogP contribution in [-0.2, 0) is 0 Å². The van der Waals surface area contributed by atoms with Crippen molar-refractivity contribution in [3.8, 4) is 11.5 Å². The van der Waals surface area contributed by atoms with E-state index >= 15 is 0 Å². The topological polar surface area (TPSA) is 78.7 Å². The van der Waals surface area contributed by atoms with Gasteiger partial charge in [0.05, 0.1) is 17.1 Å². The minimum atomic E-state index is -0.470. The van der Waals surface area contributed by atoms with Gasteiger partial charge in [-0.05, 0) is 49.2 Å². The number of benzene rings is 2. The van der Waals surface area contributed by atoms with Gasteiger partial charge in [-0.3, -0.25) is 14.9 Å². The van der Waals surface area contributed by atoms with E-state index in [2.05, 4.69) is 0 Å².